The number of hydrogen-bond donors (Lipinski definition) is 0. The zero-order chi connectivity index (χ0) is 18.3. The number of rotatable bonds is 12. The van der Waals surface area contributed by atoms with Gasteiger partial charge in [0.05, 0.1) is 0 Å². The highest BCUT2D eigenvalue weighted by molar-refractivity contribution is 6.51. The molecular formula is C15H21BCl6O3. The van der Waals surface area contributed by atoms with Crippen LogP contribution in [0.4, 0.5) is 0 Å². The van der Waals surface area contributed by atoms with Gasteiger partial charge < -0.3 is 14.0 Å². The van der Waals surface area contributed by atoms with Crippen LogP contribution >= 0.6 is 69.6 Å². The Labute approximate surface area is 179 Å². The van der Waals surface area contributed by atoms with Crippen LogP contribution in [0.25, 0.3) is 0 Å². The van der Waals surface area contributed by atoms with Gasteiger partial charge in [-0.15, -0.1) is 69.6 Å². The van der Waals surface area contributed by atoms with Crippen molar-refractivity contribution >= 4 is 76.9 Å². The Hall–Kier alpha value is 1.68. The van der Waals surface area contributed by atoms with Crippen molar-refractivity contribution in [3.8, 4) is 0 Å². The number of halogens is 6. The van der Waals surface area contributed by atoms with E-state index in [1.54, 1.807) is 0 Å². The van der Waals surface area contributed by atoms with Crippen molar-refractivity contribution < 1.29 is 14.0 Å². The third-order valence-electron chi connectivity index (χ3n) is 5.03. The van der Waals surface area contributed by atoms with E-state index in [9.17, 15) is 0 Å². The molecule has 3 aliphatic rings. The first-order valence-electron chi connectivity index (χ1n) is 8.58. The summed E-state index contributed by atoms with van der Waals surface area (Å²) >= 11 is 36.1. The highest BCUT2D eigenvalue weighted by Gasteiger charge is 2.52. The quantitative estimate of drug-likeness (QED) is 0.266. The van der Waals surface area contributed by atoms with Gasteiger partial charge in [-0.1, -0.05) is 0 Å². The molecule has 25 heavy (non-hydrogen) atoms. The van der Waals surface area contributed by atoms with Crippen LogP contribution in [0.5, 0.6) is 0 Å². The summed E-state index contributed by atoms with van der Waals surface area (Å²) in [7, 11) is -0.726. The van der Waals surface area contributed by atoms with Gasteiger partial charge in [0.2, 0.25) is 0 Å². The molecule has 0 saturated heterocycles. The highest BCUT2D eigenvalue weighted by Crippen LogP contribution is 2.56. The van der Waals surface area contributed by atoms with Gasteiger partial charge in [0.25, 0.3) is 0 Å². The fraction of sp³-hybridized carbons (Fsp3) is 1.00. The van der Waals surface area contributed by atoms with E-state index in [-0.39, 0.29) is 17.8 Å². The van der Waals surface area contributed by atoms with E-state index in [0.717, 1.165) is 38.5 Å². The molecule has 3 unspecified atom stereocenters. The smallest absolute Gasteiger partial charge is 0.386 e. The lowest BCUT2D eigenvalue weighted by Crippen LogP contribution is -2.29. The van der Waals surface area contributed by atoms with Gasteiger partial charge in [-0.25, -0.2) is 0 Å². The summed E-state index contributed by atoms with van der Waals surface area (Å²) in [5.41, 5.74) is 0. The van der Waals surface area contributed by atoms with Crippen LogP contribution < -0.4 is 0 Å². The molecule has 0 amide bonds. The molecule has 0 aromatic rings. The average Bonchev–Trinajstić information content (AvgIpc) is 3.40. The first-order valence-corrected chi connectivity index (χ1v) is 10.9. The van der Waals surface area contributed by atoms with Crippen molar-refractivity contribution in [1.29, 1.82) is 0 Å². The molecule has 3 nitrogen and oxygen atoms in total. The summed E-state index contributed by atoms with van der Waals surface area (Å²) < 4.78 is 15.3. The molecule has 3 aliphatic carbocycles. The summed E-state index contributed by atoms with van der Waals surface area (Å²) in [5.74, 6) is 0.821. The largest absolute Gasteiger partial charge is 0.639 e. The summed E-state index contributed by atoms with van der Waals surface area (Å²) in [4.78, 5) is 0. The molecule has 0 bridgehead atoms. The fourth-order valence-corrected chi connectivity index (χ4v) is 4.58. The lowest BCUT2D eigenvalue weighted by Gasteiger charge is -2.15. The molecule has 0 aromatic heterocycles. The predicted octanol–water partition coefficient (Wildman–Crippen LogP) is 5.77. The molecule has 0 spiro atoms. The second-order valence-corrected chi connectivity index (χ2v) is 11.9. The van der Waals surface area contributed by atoms with Crippen LogP contribution in [0.3, 0.4) is 0 Å². The van der Waals surface area contributed by atoms with E-state index >= 15 is 0 Å². The molecule has 0 N–H and O–H groups in total. The lowest BCUT2D eigenvalue weighted by atomic mass is 10.2. The Bertz CT molecular complexity index is 412. The molecule has 0 aromatic carbocycles. The molecule has 3 atom stereocenters. The van der Waals surface area contributed by atoms with E-state index < -0.39 is 20.3 Å². The monoisotopic (exact) mass is 470 g/mol. The maximum absolute atomic E-state index is 6.02. The average molecular weight is 473 g/mol. The van der Waals surface area contributed by atoms with Crippen molar-refractivity contribution in [3.63, 3.8) is 0 Å². The lowest BCUT2D eigenvalue weighted by molar-refractivity contribution is 0.0867. The minimum absolute atomic E-state index is 0.274. The van der Waals surface area contributed by atoms with E-state index in [1.165, 1.54) is 0 Å². The minimum atomic E-state index is -0.726. The molecule has 144 valence electrons. The van der Waals surface area contributed by atoms with E-state index in [0.29, 0.717) is 19.8 Å². The molecule has 0 aliphatic heterocycles. The van der Waals surface area contributed by atoms with Gasteiger partial charge in [-0.05, 0) is 56.3 Å². The standard InChI is InChI=1S/C15H21BCl6O3/c17-13(18)7-10(13)1-4-23-16(24-5-2-11-8-14(11,19)20)25-6-3-12-9-15(12,21)22/h10-12H,1-9H2. The zero-order valence-electron chi connectivity index (χ0n) is 13.7. The normalized spacial score (nSPS) is 33.1. The summed E-state index contributed by atoms with van der Waals surface area (Å²) in [6, 6.07) is 0. The van der Waals surface area contributed by atoms with Crippen LogP contribution in [0.15, 0.2) is 0 Å². The Morgan fingerprint density at radius 1 is 0.600 bits per heavy atom. The van der Waals surface area contributed by atoms with Crippen molar-refractivity contribution in [2.24, 2.45) is 17.8 Å². The first-order chi connectivity index (χ1) is 11.6. The van der Waals surface area contributed by atoms with Crippen LogP contribution in [0, 0.1) is 17.8 Å². The van der Waals surface area contributed by atoms with Gasteiger partial charge >= 0.3 is 7.32 Å². The minimum Gasteiger partial charge on any atom is -0.386 e. The number of alkyl halides is 6. The van der Waals surface area contributed by atoms with Crippen LogP contribution in [0.1, 0.15) is 38.5 Å². The molecule has 10 heteroatoms. The molecule has 0 heterocycles. The molecule has 3 fully saturated rings. The topological polar surface area (TPSA) is 27.7 Å². The Morgan fingerprint density at radius 3 is 1.04 bits per heavy atom. The summed E-state index contributed by atoms with van der Waals surface area (Å²) in [6.07, 6.45) is 4.74. The second kappa shape index (κ2) is 8.20. The Kier molecular flexibility index (Phi) is 7.02. The second-order valence-electron chi connectivity index (χ2n) is 7.25. The molecule has 3 saturated carbocycles. The third-order valence-corrected chi connectivity index (χ3v) is 7.81. The molecule has 3 rings (SSSR count). The van der Waals surface area contributed by atoms with Gasteiger partial charge in [-0.3, -0.25) is 0 Å². The van der Waals surface area contributed by atoms with Gasteiger partial charge in [0, 0.05) is 19.8 Å². The van der Waals surface area contributed by atoms with E-state index in [2.05, 4.69) is 0 Å². The Balaban J connectivity index is 1.32. The maximum Gasteiger partial charge on any atom is 0.639 e. The van der Waals surface area contributed by atoms with Crippen LogP contribution in [-0.2, 0) is 14.0 Å². The summed E-state index contributed by atoms with van der Waals surface area (Å²) in [6.45, 7) is 1.44. The summed E-state index contributed by atoms with van der Waals surface area (Å²) in [5, 5.41) is 0. The van der Waals surface area contributed by atoms with Crippen LogP contribution in [0.2, 0.25) is 0 Å². The van der Waals surface area contributed by atoms with Gasteiger partial charge in [0.1, 0.15) is 13.0 Å². The van der Waals surface area contributed by atoms with Crippen molar-refractivity contribution in [2.75, 3.05) is 19.8 Å². The predicted molar refractivity (Wildman–Crippen MR) is 105 cm³/mol. The first kappa shape index (κ1) is 21.4. The highest BCUT2D eigenvalue weighted by atomic mass is 35.5. The maximum atomic E-state index is 6.02. The SMILES string of the molecule is ClC1(Cl)CC1CCOB(OCCC1CC1(Cl)Cl)OCCC1CC1(Cl)Cl. The van der Waals surface area contributed by atoms with Gasteiger partial charge in [0.15, 0.2) is 0 Å². The van der Waals surface area contributed by atoms with E-state index in [1.807, 2.05) is 0 Å². The van der Waals surface area contributed by atoms with E-state index in [4.69, 9.17) is 83.6 Å². The van der Waals surface area contributed by atoms with Crippen molar-refractivity contribution in [3.05, 3.63) is 0 Å². The van der Waals surface area contributed by atoms with Crippen molar-refractivity contribution in [1.82, 2.24) is 0 Å². The van der Waals surface area contributed by atoms with Crippen LogP contribution in [-0.4, -0.2) is 40.1 Å². The Morgan fingerprint density at radius 2 is 0.840 bits per heavy atom. The molecular weight excluding hydrogens is 452 g/mol. The fourth-order valence-electron chi connectivity index (χ4n) is 2.81. The number of hydrogen-bond acceptors (Lipinski definition) is 3. The zero-order valence-corrected chi connectivity index (χ0v) is 18.2. The van der Waals surface area contributed by atoms with Gasteiger partial charge in [-0.2, -0.15) is 0 Å². The van der Waals surface area contributed by atoms with Crippen molar-refractivity contribution in [2.45, 2.75) is 51.5 Å². The third kappa shape index (κ3) is 6.61. The molecule has 0 radical (unpaired) electrons.